The molecule has 0 spiro atoms. The summed E-state index contributed by atoms with van der Waals surface area (Å²) in [6, 6.07) is 52.2. The van der Waals surface area contributed by atoms with Crippen molar-refractivity contribution in [2.24, 2.45) is 0 Å². The SMILES string of the molecule is [Ir].[c-]1ccc2c(oc3ccccc32)c1-c1ccccn1.[c-]1ccc2c(oc3ccccc32)c1N1C=CN(CCCCN2C=CN(c3[c-]ccc4c3oc3ccccc34)[CH-]2)[CH-]1. The first-order chi connectivity index (χ1) is 29.2. The molecule has 0 unspecified atom stereocenters. The number of nitrogens with zero attached hydrogens (tertiary/aromatic N) is 5. The van der Waals surface area contributed by atoms with Crippen LogP contribution in [0.25, 0.3) is 77.1 Å². The van der Waals surface area contributed by atoms with E-state index in [1.54, 1.807) is 6.20 Å². The maximum atomic E-state index is 6.19. The Morgan fingerprint density at radius 3 is 1.42 bits per heavy atom. The van der Waals surface area contributed by atoms with Crippen molar-refractivity contribution in [2.45, 2.75) is 12.8 Å². The summed E-state index contributed by atoms with van der Waals surface area (Å²) in [5.74, 6) is 0. The molecule has 60 heavy (non-hydrogen) atoms. The van der Waals surface area contributed by atoms with Gasteiger partial charge in [-0.2, -0.15) is 49.7 Å². The Kier molecular flexibility index (Phi) is 10.1. The Morgan fingerprint density at radius 2 is 0.917 bits per heavy atom. The van der Waals surface area contributed by atoms with Gasteiger partial charge in [0.1, 0.15) is 16.7 Å². The molecule has 1 radical (unpaired) electrons. The molecule has 4 aromatic heterocycles. The van der Waals surface area contributed by atoms with Crippen molar-refractivity contribution < 1.29 is 33.4 Å². The van der Waals surface area contributed by atoms with Gasteiger partial charge < -0.3 is 37.8 Å². The molecule has 0 fully saturated rings. The Labute approximate surface area is 360 Å². The van der Waals surface area contributed by atoms with Gasteiger partial charge in [-0.15, -0.1) is 18.2 Å². The molecule has 12 rings (SSSR count). The number of hydrogen-bond acceptors (Lipinski definition) is 8. The summed E-state index contributed by atoms with van der Waals surface area (Å²) in [5, 5.41) is 6.72. The van der Waals surface area contributed by atoms with E-state index in [0.717, 1.165) is 114 Å². The third kappa shape index (κ3) is 6.85. The molecule has 0 aliphatic carbocycles. The number of rotatable bonds is 8. The van der Waals surface area contributed by atoms with Crippen LogP contribution in [0.4, 0.5) is 11.4 Å². The van der Waals surface area contributed by atoms with Crippen molar-refractivity contribution in [3.63, 3.8) is 0 Å². The second-order valence-corrected chi connectivity index (χ2v) is 14.6. The molecule has 9 heteroatoms. The smallest absolute Gasteiger partial charge is 0.120 e. The van der Waals surface area contributed by atoms with Crippen molar-refractivity contribution >= 4 is 77.2 Å². The maximum absolute atomic E-state index is 6.19. The van der Waals surface area contributed by atoms with Gasteiger partial charge in [-0.3, -0.25) is 0 Å². The van der Waals surface area contributed by atoms with E-state index in [4.69, 9.17) is 13.3 Å². The molecule has 0 saturated carbocycles. The molecule has 0 N–H and O–H groups in total. The summed E-state index contributed by atoms with van der Waals surface area (Å²) in [7, 11) is 0. The van der Waals surface area contributed by atoms with Gasteiger partial charge in [-0.1, -0.05) is 99.8 Å². The largest absolute Gasteiger partial charge is 0.514 e. The predicted octanol–water partition coefficient (Wildman–Crippen LogP) is 12.4. The second kappa shape index (κ2) is 16.1. The average molecular weight is 959 g/mol. The number of benzene rings is 6. The van der Waals surface area contributed by atoms with Crippen LogP contribution in [0, 0.1) is 31.5 Å². The number of pyridine rings is 1. The van der Waals surface area contributed by atoms with Gasteiger partial charge in [-0.25, -0.2) is 0 Å². The van der Waals surface area contributed by atoms with E-state index in [2.05, 4.69) is 111 Å². The fourth-order valence-corrected chi connectivity index (χ4v) is 8.03. The molecule has 0 amide bonds. The second-order valence-electron chi connectivity index (χ2n) is 14.6. The third-order valence-corrected chi connectivity index (χ3v) is 10.9. The van der Waals surface area contributed by atoms with Crippen LogP contribution in [0.1, 0.15) is 12.8 Å². The minimum atomic E-state index is 0. The standard InChI is InChI=1S/C34H26N4O2.C17H10NO.Ir/c1-3-15-31-25(9-1)27-11-7-13-29(33(27)39-31)37-21-19-35(23-37)17-5-6-18-36-20-22-38(24-36)30-14-8-12-28-26-10-2-4-16-32(26)40-34(28)30;1-2-10-16-12(6-1)13-7-5-8-14(17(13)19-16)15-9-3-4-11-18-15;/h1-4,7-12,15-16,19-24H,5-6,17-18H2;1-7,9-11H;/q-4;-1;. The van der Waals surface area contributed by atoms with Gasteiger partial charge in [-0.05, 0) is 80.7 Å². The first kappa shape index (κ1) is 37.5. The zero-order chi connectivity index (χ0) is 39.1. The first-order valence-corrected chi connectivity index (χ1v) is 19.8. The Hall–Kier alpha value is -6.80. The minimum absolute atomic E-state index is 0. The summed E-state index contributed by atoms with van der Waals surface area (Å²) >= 11 is 0. The Bertz CT molecular complexity index is 3050. The summed E-state index contributed by atoms with van der Waals surface area (Å²) in [6.45, 7) is 6.12. The van der Waals surface area contributed by atoms with E-state index in [9.17, 15) is 0 Å². The molecular formula is C51H36IrN5O3-5. The monoisotopic (exact) mass is 959 g/mol. The molecule has 2 aliphatic rings. The predicted molar refractivity (Wildman–Crippen MR) is 235 cm³/mol. The summed E-state index contributed by atoms with van der Waals surface area (Å²) < 4.78 is 18.4. The average Bonchev–Trinajstić information content (AvgIpc) is 4.14. The van der Waals surface area contributed by atoms with E-state index in [-0.39, 0.29) is 20.1 Å². The Balaban J connectivity index is 0.000000181. The van der Waals surface area contributed by atoms with E-state index < -0.39 is 0 Å². The van der Waals surface area contributed by atoms with Gasteiger partial charge in [0.25, 0.3) is 0 Å². The van der Waals surface area contributed by atoms with Crippen molar-refractivity contribution in [3.05, 3.63) is 190 Å². The first-order valence-electron chi connectivity index (χ1n) is 19.8. The van der Waals surface area contributed by atoms with Crippen LogP contribution >= 0.6 is 0 Å². The molecule has 0 atom stereocenters. The number of hydrogen-bond donors (Lipinski definition) is 0. The van der Waals surface area contributed by atoms with Crippen molar-refractivity contribution in [2.75, 3.05) is 22.9 Å². The zero-order valence-corrected chi connectivity index (χ0v) is 34.7. The van der Waals surface area contributed by atoms with Crippen LogP contribution in [0.2, 0.25) is 0 Å². The number of unbranched alkanes of at least 4 members (excludes halogenated alkanes) is 1. The van der Waals surface area contributed by atoms with Crippen LogP contribution in [0.3, 0.4) is 0 Å². The quantitative estimate of drug-likeness (QED) is 0.110. The summed E-state index contributed by atoms with van der Waals surface area (Å²) in [5.41, 5.74) is 8.93. The molecule has 6 aromatic carbocycles. The van der Waals surface area contributed by atoms with E-state index in [0.29, 0.717) is 0 Å². The van der Waals surface area contributed by atoms with Gasteiger partial charge >= 0.3 is 0 Å². The summed E-state index contributed by atoms with van der Waals surface area (Å²) in [6.07, 6.45) is 12.3. The maximum Gasteiger partial charge on any atom is 0.120 e. The number of anilines is 2. The van der Waals surface area contributed by atoms with E-state index >= 15 is 0 Å². The normalized spacial score (nSPS) is 13.7. The van der Waals surface area contributed by atoms with Crippen molar-refractivity contribution in [1.82, 2.24) is 14.8 Å². The van der Waals surface area contributed by atoms with E-state index in [1.807, 2.05) is 97.1 Å². The van der Waals surface area contributed by atoms with Crippen LogP contribution < -0.4 is 9.80 Å². The van der Waals surface area contributed by atoms with Crippen molar-refractivity contribution in [1.29, 1.82) is 0 Å². The molecule has 10 aromatic rings. The minimum Gasteiger partial charge on any atom is -0.514 e. The van der Waals surface area contributed by atoms with Gasteiger partial charge in [0, 0.05) is 53.6 Å². The van der Waals surface area contributed by atoms with Gasteiger partial charge in [0.05, 0.1) is 5.58 Å². The topological polar surface area (TPSA) is 65.3 Å². The molecule has 6 heterocycles. The van der Waals surface area contributed by atoms with Crippen molar-refractivity contribution in [3.8, 4) is 11.3 Å². The summed E-state index contributed by atoms with van der Waals surface area (Å²) in [4.78, 5) is 13.0. The number of para-hydroxylation sites is 3. The third-order valence-electron chi connectivity index (χ3n) is 10.9. The van der Waals surface area contributed by atoms with Gasteiger partial charge in [0.2, 0.25) is 0 Å². The molecule has 0 saturated heterocycles. The number of aromatic nitrogens is 1. The fourth-order valence-electron chi connectivity index (χ4n) is 8.03. The van der Waals surface area contributed by atoms with Crippen LogP contribution in [0.15, 0.2) is 172 Å². The van der Waals surface area contributed by atoms with Gasteiger partial charge in [0.15, 0.2) is 0 Å². The number of fused-ring (bicyclic) bond motifs is 9. The number of furan rings is 3. The molecule has 2 aliphatic heterocycles. The van der Waals surface area contributed by atoms with Crippen LogP contribution in [-0.2, 0) is 20.1 Å². The van der Waals surface area contributed by atoms with Crippen LogP contribution in [0.5, 0.6) is 0 Å². The fraction of sp³-hybridized carbons (Fsp3) is 0.0784. The molecular weight excluding hydrogens is 923 g/mol. The Morgan fingerprint density at radius 1 is 0.467 bits per heavy atom. The molecule has 0 bridgehead atoms. The van der Waals surface area contributed by atoms with Crippen LogP contribution in [-0.4, -0.2) is 27.9 Å². The molecule has 297 valence electrons. The zero-order valence-electron chi connectivity index (χ0n) is 32.3. The molecule has 8 nitrogen and oxygen atoms in total. The van der Waals surface area contributed by atoms with E-state index in [1.165, 1.54) is 0 Å².